The summed E-state index contributed by atoms with van der Waals surface area (Å²) in [6, 6.07) is 4.31. The third-order valence-electron chi connectivity index (χ3n) is 3.59. The number of benzene rings is 1. The molecule has 100 valence electrons. The van der Waals surface area contributed by atoms with E-state index in [-0.39, 0.29) is 17.3 Å². The lowest BCUT2D eigenvalue weighted by molar-refractivity contribution is 0.0888. The molecule has 0 radical (unpaired) electrons. The van der Waals surface area contributed by atoms with Crippen LogP contribution in [0.1, 0.15) is 50.4 Å². The van der Waals surface area contributed by atoms with Crippen molar-refractivity contribution in [1.82, 2.24) is 5.32 Å². The molecule has 1 rings (SSSR count). The van der Waals surface area contributed by atoms with Crippen molar-refractivity contribution < 1.29 is 9.18 Å². The number of carbonyl (C=O) groups is 1. The highest BCUT2D eigenvalue weighted by Gasteiger charge is 2.26. The van der Waals surface area contributed by atoms with Gasteiger partial charge in [-0.3, -0.25) is 4.79 Å². The van der Waals surface area contributed by atoms with Gasteiger partial charge in [-0.1, -0.05) is 20.8 Å². The third kappa shape index (κ3) is 3.31. The summed E-state index contributed by atoms with van der Waals surface area (Å²) in [4.78, 5) is 12.1. The second kappa shape index (κ2) is 6.32. The molecule has 0 spiro atoms. The number of halogens is 2. The van der Waals surface area contributed by atoms with E-state index in [9.17, 15) is 9.18 Å². The Morgan fingerprint density at radius 1 is 1.28 bits per heavy atom. The summed E-state index contributed by atoms with van der Waals surface area (Å²) in [5, 5.41) is 3.06. The minimum Gasteiger partial charge on any atom is -0.347 e. The van der Waals surface area contributed by atoms with Crippen LogP contribution >= 0.6 is 15.9 Å². The lowest BCUT2D eigenvalue weighted by Gasteiger charge is -2.31. The molecule has 0 unspecified atom stereocenters. The van der Waals surface area contributed by atoms with Crippen LogP contribution in [0.2, 0.25) is 0 Å². The van der Waals surface area contributed by atoms with Gasteiger partial charge in [0.15, 0.2) is 0 Å². The highest BCUT2D eigenvalue weighted by Crippen LogP contribution is 2.21. The number of amides is 1. The summed E-state index contributed by atoms with van der Waals surface area (Å²) >= 11 is 3.09. The van der Waals surface area contributed by atoms with Crippen LogP contribution in [-0.4, -0.2) is 11.4 Å². The SMILES string of the molecule is CCC(CC)(CC)NC(=O)c1ccc(F)c(Br)c1. The lowest BCUT2D eigenvalue weighted by Crippen LogP contribution is -2.47. The largest absolute Gasteiger partial charge is 0.347 e. The first-order valence-corrected chi connectivity index (χ1v) is 7.05. The Labute approximate surface area is 116 Å². The zero-order valence-electron chi connectivity index (χ0n) is 11.0. The smallest absolute Gasteiger partial charge is 0.251 e. The predicted molar refractivity (Wildman–Crippen MR) is 75.2 cm³/mol. The first kappa shape index (κ1) is 15.2. The number of rotatable bonds is 5. The topological polar surface area (TPSA) is 29.1 Å². The van der Waals surface area contributed by atoms with E-state index in [1.165, 1.54) is 18.2 Å². The average Bonchev–Trinajstić information content (AvgIpc) is 2.39. The number of hydrogen-bond donors (Lipinski definition) is 1. The minimum absolute atomic E-state index is 0.152. The van der Waals surface area contributed by atoms with E-state index < -0.39 is 0 Å². The fraction of sp³-hybridized carbons (Fsp3) is 0.500. The molecular weight excluding hydrogens is 297 g/mol. The van der Waals surface area contributed by atoms with Crippen molar-refractivity contribution in [3.8, 4) is 0 Å². The van der Waals surface area contributed by atoms with Crippen molar-refractivity contribution in [1.29, 1.82) is 0 Å². The number of hydrogen-bond acceptors (Lipinski definition) is 1. The second-order valence-electron chi connectivity index (χ2n) is 4.42. The molecule has 18 heavy (non-hydrogen) atoms. The van der Waals surface area contributed by atoms with Crippen molar-refractivity contribution in [2.24, 2.45) is 0 Å². The quantitative estimate of drug-likeness (QED) is 0.863. The van der Waals surface area contributed by atoms with Gasteiger partial charge < -0.3 is 5.32 Å². The molecule has 0 aliphatic heterocycles. The van der Waals surface area contributed by atoms with E-state index in [1.54, 1.807) is 0 Å². The van der Waals surface area contributed by atoms with Gasteiger partial charge in [-0.15, -0.1) is 0 Å². The molecule has 1 aromatic rings. The Morgan fingerprint density at radius 3 is 2.28 bits per heavy atom. The fourth-order valence-electron chi connectivity index (χ4n) is 1.97. The Hall–Kier alpha value is -0.900. The van der Waals surface area contributed by atoms with E-state index >= 15 is 0 Å². The van der Waals surface area contributed by atoms with Gasteiger partial charge in [-0.25, -0.2) is 4.39 Å². The van der Waals surface area contributed by atoms with Gasteiger partial charge in [-0.2, -0.15) is 0 Å². The molecule has 0 aromatic heterocycles. The molecule has 1 amide bonds. The summed E-state index contributed by atoms with van der Waals surface area (Å²) in [5.74, 6) is -0.513. The van der Waals surface area contributed by atoms with Gasteiger partial charge in [0, 0.05) is 11.1 Å². The highest BCUT2D eigenvalue weighted by molar-refractivity contribution is 9.10. The van der Waals surface area contributed by atoms with E-state index in [1.807, 2.05) is 0 Å². The Bertz CT molecular complexity index is 422. The lowest BCUT2D eigenvalue weighted by atomic mass is 9.89. The number of nitrogens with one attached hydrogen (secondary N) is 1. The van der Waals surface area contributed by atoms with E-state index in [4.69, 9.17) is 0 Å². The van der Waals surface area contributed by atoms with E-state index in [2.05, 4.69) is 42.0 Å². The molecule has 0 aliphatic rings. The summed E-state index contributed by atoms with van der Waals surface area (Å²) in [6.45, 7) is 6.19. The average molecular weight is 316 g/mol. The maximum Gasteiger partial charge on any atom is 0.251 e. The first-order chi connectivity index (χ1) is 8.48. The predicted octanol–water partition coefficient (Wildman–Crippen LogP) is 4.29. The maximum atomic E-state index is 13.1. The number of carbonyl (C=O) groups excluding carboxylic acids is 1. The van der Waals surface area contributed by atoms with E-state index in [0.29, 0.717) is 10.0 Å². The summed E-state index contributed by atoms with van der Waals surface area (Å²) in [7, 11) is 0. The maximum absolute atomic E-state index is 13.1. The molecule has 0 heterocycles. The summed E-state index contributed by atoms with van der Waals surface area (Å²) in [5.41, 5.74) is 0.306. The first-order valence-electron chi connectivity index (χ1n) is 6.25. The van der Waals surface area contributed by atoms with Crippen molar-refractivity contribution in [2.75, 3.05) is 0 Å². The van der Waals surface area contributed by atoms with Crippen molar-refractivity contribution in [2.45, 2.75) is 45.6 Å². The zero-order chi connectivity index (χ0) is 13.8. The van der Waals surface area contributed by atoms with Crippen molar-refractivity contribution >= 4 is 21.8 Å². The molecule has 4 heteroatoms. The van der Waals surface area contributed by atoms with E-state index in [0.717, 1.165) is 19.3 Å². The Kier molecular flexibility index (Phi) is 5.32. The standard InChI is InChI=1S/C14H19BrFNO/c1-4-14(5-2,6-3)17-13(18)10-7-8-12(16)11(15)9-10/h7-9H,4-6H2,1-3H3,(H,17,18). The molecule has 2 nitrogen and oxygen atoms in total. The summed E-state index contributed by atoms with van der Waals surface area (Å²) in [6.07, 6.45) is 2.65. The molecule has 1 N–H and O–H groups in total. The van der Waals surface area contributed by atoms with Crippen LogP contribution in [0.5, 0.6) is 0 Å². The van der Waals surface area contributed by atoms with Gasteiger partial charge in [0.05, 0.1) is 4.47 Å². The van der Waals surface area contributed by atoms with Gasteiger partial charge in [0.2, 0.25) is 0 Å². The Morgan fingerprint density at radius 2 is 1.83 bits per heavy atom. The fourth-order valence-corrected chi connectivity index (χ4v) is 2.34. The summed E-state index contributed by atoms with van der Waals surface area (Å²) < 4.78 is 13.4. The molecule has 0 aliphatic carbocycles. The minimum atomic E-state index is -0.362. The molecule has 0 bridgehead atoms. The second-order valence-corrected chi connectivity index (χ2v) is 5.28. The highest BCUT2D eigenvalue weighted by atomic mass is 79.9. The molecular formula is C14H19BrFNO. The van der Waals surface area contributed by atoms with Crippen LogP contribution in [0.4, 0.5) is 4.39 Å². The van der Waals surface area contributed by atoms with Gasteiger partial charge in [0.25, 0.3) is 5.91 Å². The monoisotopic (exact) mass is 315 g/mol. The molecule has 1 aromatic carbocycles. The molecule has 0 atom stereocenters. The van der Waals surface area contributed by atoms with Gasteiger partial charge in [0.1, 0.15) is 5.82 Å². The molecule has 0 saturated carbocycles. The van der Waals surface area contributed by atoms with Crippen LogP contribution in [0, 0.1) is 5.82 Å². The van der Waals surface area contributed by atoms with Gasteiger partial charge >= 0.3 is 0 Å². The van der Waals surface area contributed by atoms with Crippen LogP contribution in [-0.2, 0) is 0 Å². The van der Waals surface area contributed by atoms with Crippen molar-refractivity contribution in [3.63, 3.8) is 0 Å². The zero-order valence-corrected chi connectivity index (χ0v) is 12.6. The normalized spacial score (nSPS) is 11.4. The van der Waals surface area contributed by atoms with Gasteiger partial charge in [-0.05, 0) is 53.4 Å². The van der Waals surface area contributed by atoms with Crippen LogP contribution in [0.15, 0.2) is 22.7 Å². The van der Waals surface area contributed by atoms with Crippen molar-refractivity contribution in [3.05, 3.63) is 34.1 Å². The third-order valence-corrected chi connectivity index (χ3v) is 4.20. The molecule has 0 fully saturated rings. The van der Waals surface area contributed by atoms with Crippen LogP contribution in [0.3, 0.4) is 0 Å². The van der Waals surface area contributed by atoms with Crippen LogP contribution < -0.4 is 5.32 Å². The Balaban J connectivity index is 2.90. The van der Waals surface area contributed by atoms with Crippen LogP contribution in [0.25, 0.3) is 0 Å². The molecule has 0 saturated heterocycles.